The van der Waals surface area contributed by atoms with E-state index < -0.39 is 0 Å². The van der Waals surface area contributed by atoms with Crippen LogP contribution in [0, 0.1) is 0 Å². The molecular weight excluding hydrogens is 260 g/mol. The van der Waals surface area contributed by atoms with Gasteiger partial charge in [-0.2, -0.15) is 0 Å². The minimum atomic E-state index is -0.187. The van der Waals surface area contributed by atoms with Gasteiger partial charge in [-0.05, 0) is 36.4 Å². The predicted octanol–water partition coefficient (Wildman–Crippen LogP) is 4.09. The van der Waals surface area contributed by atoms with Gasteiger partial charge in [0.1, 0.15) is 0 Å². The molecule has 0 amide bonds. The number of hydrogen-bond donors (Lipinski definition) is 1. The van der Waals surface area contributed by atoms with Crippen LogP contribution in [0.5, 0.6) is 0 Å². The van der Waals surface area contributed by atoms with E-state index in [4.69, 9.17) is 4.74 Å². The van der Waals surface area contributed by atoms with Gasteiger partial charge in [-0.15, -0.1) is 0 Å². The molecule has 0 saturated heterocycles. The van der Waals surface area contributed by atoms with Crippen molar-refractivity contribution in [1.29, 1.82) is 0 Å². The van der Waals surface area contributed by atoms with Gasteiger partial charge in [-0.1, -0.05) is 39.0 Å². The lowest BCUT2D eigenvalue weighted by Crippen LogP contribution is -2.45. The number of hydrogen-bond acceptors (Lipinski definition) is 3. The SMILES string of the molecule is CCNC(c1cccc2cnccc12)C(CC)(CC)OC. The van der Waals surface area contributed by atoms with Crippen molar-refractivity contribution in [2.45, 2.75) is 45.3 Å². The molecule has 1 heterocycles. The number of nitrogens with one attached hydrogen (secondary N) is 1. The minimum Gasteiger partial charge on any atom is -0.376 e. The molecule has 2 aromatic rings. The minimum absolute atomic E-state index is 0.175. The van der Waals surface area contributed by atoms with E-state index in [2.05, 4.69) is 55.3 Å². The number of aromatic nitrogens is 1. The summed E-state index contributed by atoms with van der Waals surface area (Å²) in [7, 11) is 1.82. The normalized spacial score (nSPS) is 13.5. The number of methoxy groups -OCH3 is 1. The lowest BCUT2D eigenvalue weighted by molar-refractivity contribution is -0.0478. The van der Waals surface area contributed by atoms with Crippen LogP contribution in [-0.4, -0.2) is 24.2 Å². The maximum absolute atomic E-state index is 5.98. The fourth-order valence-electron chi connectivity index (χ4n) is 3.25. The number of nitrogens with zero attached hydrogens (tertiary/aromatic N) is 1. The predicted molar refractivity (Wildman–Crippen MR) is 88.5 cm³/mol. The Bertz CT molecular complexity index is 565. The fraction of sp³-hybridized carbons (Fsp3) is 0.500. The van der Waals surface area contributed by atoms with E-state index in [1.54, 1.807) is 0 Å². The molecule has 21 heavy (non-hydrogen) atoms. The van der Waals surface area contributed by atoms with E-state index >= 15 is 0 Å². The largest absolute Gasteiger partial charge is 0.376 e. The second-order valence-electron chi connectivity index (χ2n) is 5.41. The van der Waals surface area contributed by atoms with Crippen molar-refractivity contribution >= 4 is 10.8 Å². The van der Waals surface area contributed by atoms with E-state index in [9.17, 15) is 0 Å². The van der Waals surface area contributed by atoms with E-state index in [-0.39, 0.29) is 11.6 Å². The highest BCUT2D eigenvalue weighted by molar-refractivity contribution is 5.85. The van der Waals surface area contributed by atoms with Crippen molar-refractivity contribution in [2.75, 3.05) is 13.7 Å². The average Bonchev–Trinajstić information content (AvgIpc) is 2.55. The number of rotatable bonds is 7. The van der Waals surface area contributed by atoms with E-state index in [1.165, 1.54) is 16.3 Å². The van der Waals surface area contributed by atoms with Gasteiger partial charge in [-0.25, -0.2) is 0 Å². The Morgan fingerprint density at radius 2 is 1.95 bits per heavy atom. The van der Waals surface area contributed by atoms with Gasteiger partial charge in [0.05, 0.1) is 11.6 Å². The van der Waals surface area contributed by atoms with Crippen molar-refractivity contribution < 1.29 is 4.74 Å². The third-order valence-corrected chi connectivity index (χ3v) is 4.56. The molecule has 0 aliphatic rings. The summed E-state index contributed by atoms with van der Waals surface area (Å²) in [5, 5.41) is 6.07. The van der Waals surface area contributed by atoms with E-state index in [1.807, 2.05) is 19.5 Å². The lowest BCUT2D eigenvalue weighted by atomic mass is 9.82. The molecule has 3 nitrogen and oxygen atoms in total. The molecule has 1 N–H and O–H groups in total. The molecule has 1 unspecified atom stereocenters. The summed E-state index contributed by atoms with van der Waals surface area (Å²) in [5.74, 6) is 0. The van der Waals surface area contributed by atoms with Gasteiger partial charge in [0.15, 0.2) is 0 Å². The summed E-state index contributed by atoms with van der Waals surface area (Å²) in [6.45, 7) is 7.46. The fourth-order valence-corrected chi connectivity index (χ4v) is 3.25. The molecule has 0 bridgehead atoms. The Morgan fingerprint density at radius 1 is 1.19 bits per heavy atom. The van der Waals surface area contributed by atoms with Crippen LogP contribution in [0.1, 0.15) is 45.2 Å². The number of benzene rings is 1. The zero-order chi connectivity index (χ0) is 15.3. The summed E-state index contributed by atoms with van der Waals surface area (Å²) in [4.78, 5) is 4.23. The number of ether oxygens (including phenoxy) is 1. The van der Waals surface area contributed by atoms with Crippen LogP contribution in [-0.2, 0) is 4.74 Å². The van der Waals surface area contributed by atoms with Gasteiger partial charge in [0, 0.05) is 24.9 Å². The Labute approximate surface area is 127 Å². The summed E-state index contributed by atoms with van der Waals surface area (Å²) in [5.41, 5.74) is 1.11. The molecule has 0 fully saturated rings. The third kappa shape index (κ3) is 2.94. The standard InChI is InChI=1S/C18H26N2O/c1-5-18(6-2,21-4)17(20-7-3)16-10-8-9-14-13-19-12-11-15(14)16/h8-13,17,20H,5-7H2,1-4H3. The quantitative estimate of drug-likeness (QED) is 0.832. The van der Waals surface area contributed by atoms with Crippen molar-refractivity contribution in [2.24, 2.45) is 0 Å². The topological polar surface area (TPSA) is 34.2 Å². The number of pyridine rings is 1. The molecule has 0 saturated carbocycles. The van der Waals surface area contributed by atoms with Gasteiger partial charge in [0.25, 0.3) is 0 Å². The van der Waals surface area contributed by atoms with Gasteiger partial charge < -0.3 is 10.1 Å². The van der Waals surface area contributed by atoms with Crippen LogP contribution in [0.2, 0.25) is 0 Å². The van der Waals surface area contributed by atoms with E-state index in [0.717, 1.165) is 19.4 Å². The van der Waals surface area contributed by atoms with Gasteiger partial charge >= 0.3 is 0 Å². The maximum Gasteiger partial charge on any atom is 0.0867 e. The second kappa shape index (κ2) is 7.01. The second-order valence-corrected chi connectivity index (χ2v) is 5.41. The number of fused-ring (bicyclic) bond motifs is 1. The highest BCUT2D eigenvalue weighted by atomic mass is 16.5. The average molecular weight is 286 g/mol. The zero-order valence-corrected chi connectivity index (χ0v) is 13.5. The first-order valence-corrected chi connectivity index (χ1v) is 7.83. The Morgan fingerprint density at radius 3 is 2.57 bits per heavy atom. The van der Waals surface area contributed by atoms with Crippen molar-refractivity contribution in [3.63, 3.8) is 0 Å². The monoisotopic (exact) mass is 286 g/mol. The number of likely N-dealkylation sites (N-methyl/N-ethyl adjacent to an activating group) is 1. The molecule has 1 aromatic carbocycles. The molecule has 3 heteroatoms. The van der Waals surface area contributed by atoms with Crippen LogP contribution in [0.15, 0.2) is 36.7 Å². The molecule has 1 aromatic heterocycles. The van der Waals surface area contributed by atoms with Crippen LogP contribution >= 0.6 is 0 Å². The van der Waals surface area contributed by atoms with Gasteiger partial charge in [0.2, 0.25) is 0 Å². The molecule has 114 valence electrons. The van der Waals surface area contributed by atoms with E-state index in [0.29, 0.717) is 0 Å². The summed E-state index contributed by atoms with van der Waals surface area (Å²) in [6, 6.07) is 8.69. The first-order valence-electron chi connectivity index (χ1n) is 7.83. The highest BCUT2D eigenvalue weighted by Crippen LogP contribution is 2.37. The van der Waals surface area contributed by atoms with Crippen LogP contribution in [0.25, 0.3) is 10.8 Å². The third-order valence-electron chi connectivity index (χ3n) is 4.56. The highest BCUT2D eigenvalue weighted by Gasteiger charge is 2.37. The van der Waals surface area contributed by atoms with Crippen molar-refractivity contribution in [3.8, 4) is 0 Å². The van der Waals surface area contributed by atoms with Crippen molar-refractivity contribution in [1.82, 2.24) is 10.3 Å². The Balaban J connectivity index is 2.60. The smallest absolute Gasteiger partial charge is 0.0867 e. The van der Waals surface area contributed by atoms with Crippen molar-refractivity contribution in [3.05, 3.63) is 42.2 Å². The maximum atomic E-state index is 5.98. The molecule has 0 aliphatic heterocycles. The zero-order valence-electron chi connectivity index (χ0n) is 13.5. The molecule has 0 spiro atoms. The van der Waals surface area contributed by atoms with Crippen LogP contribution < -0.4 is 5.32 Å². The Kier molecular flexibility index (Phi) is 5.32. The lowest BCUT2D eigenvalue weighted by Gasteiger charge is -2.39. The first kappa shape index (κ1) is 15.9. The van der Waals surface area contributed by atoms with Crippen LogP contribution in [0.4, 0.5) is 0 Å². The van der Waals surface area contributed by atoms with Crippen LogP contribution in [0.3, 0.4) is 0 Å². The summed E-state index contributed by atoms with van der Waals surface area (Å²) in [6.07, 6.45) is 5.73. The molecule has 0 aliphatic carbocycles. The molecule has 0 radical (unpaired) electrons. The Hall–Kier alpha value is -1.45. The molecular formula is C18H26N2O. The van der Waals surface area contributed by atoms with Gasteiger partial charge in [-0.3, -0.25) is 4.98 Å². The molecule has 2 rings (SSSR count). The summed E-state index contributed by atoms with van der Waals surface area (Å²) >= 11 is 0. The molecule has 1 atom stereocenters. The summed E-state index contributed by atoms with van der Waals surface area (Å²) < 4.78 is 5.98. The first-order chi connectivity index (χ1) is 10.2.